The van der Waals surface area contributed by atoms with E-state index in [1.165, 1.54) is 24.3 Å². The molecule has 0 aliphatic heterocycles. The van der Waals surface area contributed by atoms with Crippen LogP contribution in [0.4, 0.5) is 5.69 Å². The maximum Gasteiger partial charge on any atom is 0.261 e. The second kappa shape index (κ2) is 8.41. The van der Waals surface area contributed by atoms with Crippen molar-refractivity contribution in [3.63, 3.8) is 0 Å². The van der Waals surface area contributed by atoms with Gasteiger partial charge in [0.05, 0.1) is 11.5 Å². The summed E-state index contributed by atoms with van der Waals surface area (Å²) >= 11 is 0. The number of anilines is 1. The fourth-order valence-corrected chi connectivity index (χ4v) is 3.27. The van der Waals surface area contributed by atoms with E-state index in [4.69, 9.17) is 10.5 Å². The first-order chi connectivity index (χ1) is 12.7. The Morgan fingerprint density at radius 2 is 1.67 bits per heavy atom. The van der Waals surface area contributed by atoms with Crippen LogP contribution >= 0.6 is 0 Å². The standard InChI is InChI=1S/C19H25N3O4S/c1-4-26-16-9-7-15(8-10-16)22-27(24,25)17-11-5-14(6-12-17)18(23)21-19(2,3)13-20/h5-12,22H,4,13,20H2,1-3H3,(H,21,23). The van der Waals surface area contributed by atoms with Gasteiger partial charge in [0.25, 0.3) is 15.9 Å². The van der Waals surface area contributed by atoms with Crippen LogP contribution in [-0.4, -0.2) is 33.0 Å². The topological polar surface area (TPSA) is 111 Å². The van der Waals surface area contributed by atoms with Gasteiger partial charge in [0, 0.05) is 23.3 Å². The quantitative estimate of drug-likeness (QED) is 0.640. The second-order valence-corrected chi connectivity index (χ2v) is 8.31. The number of carbonyl (C=O) groups is 1. The van der Waals surface area contributed by atoms with E-state index in [0.29, 0.717) is 23.6 Å². The molecule has 27 heavy (non-hydrogen) atoms. The van der Waals surface area contributed by atoms with E-state index in [9.17, 15) is 13.2 Å². The van der Waals surface area contributed by atoms with Crippen LogP contribution in [0, 0.1) is 0 Å². The van der Waals surface area contributed by atoms with Crippen molar-refractivity contribution in [2.24, 2.45) is 5.73 Å². The van der Waals surface area contributed by atoms with Crippen molar-refractivity contribution < 1.29 is 17.9 Å². The van der Waals surface area contributed by atoms with Gasteiger partial charge < -0.3 is 15.8 Å². The van der Waals surface area contributed by atoms with Crippen molar-refractivity contribution in [1.82, 2.24) is 5.32 Å². The highest BCUT2D eigenvalue weighted by molar-refractivity contribution is 7.92. The van der Waals surface area contributed by atoms with Crippen LogP contribution in [-0.2, 0) is 10.0 Å². The molecule has 2 aromatic carbocycles. The molecule has 0 atom stereocenters. The number of amides is 1. The van der Waals surface area contributed by atoms with Gasteiger partial charge in [-0.1, -0.05) is 0 Å². The summed E-state index contributed by atoms with van der Waals surface area (Å²) in [5.41, 5.74) is 5.84. The highest BCUT2D eigenvalue weighted by Gasteiger charge is 2.20. The summed E-state index contributed by atoms with van der Waals surface area (Å²) in [5.74, 6) is 0.352. The number of rotatable bonds is 8. The van der Waals surface area contributed by atoms with Crippen LogP contribution in [0.5, 0.6) is 5.75 Å². The summed E-state index contributed by atoms with van der Waals surface area (Å²) in [6, 6.07) is 12.3. The number of hydrogen-bond donors (Lipinski definition) is 3. The maximum absolute atomic E-state index is 12.5. The van der Waals surface area contributed by atoms with E-state index < -0.39 is 15.6 Å². The molecule has 0 saturated carbocycles. The molecule has 0 aliphatic carbocycles. The predicted molar refractivity (Wildman–Crippen MR) is 105 cm³/mol. The van der Waals surface area contributed by atoms with Gasteiger partial charge >= 0.3 is 0 Å². The van der Waals surface area contributed by atoms with Crippen LogP contribution in [0.25, 0.3) is 0 Å². The van der Waals surface area contributed by atoms with E-state index >= 15 is 0 Å². The third kappa shape index (κ3) is 5.70. The van der Waals surface area contributed by atoms with Gasteiger partial charge in [-0.15, -0.1) is 0 Å². The van der Waals surface area contributed by atoms with Crippen LogP contribution in [0.2, 0.25) is 0 Å². The van der Waals surface area contributed by atoms with Gasteiger partial charge in [-0.3, -0.25) is 9.52 Å². The van der Waals surface area contributed by atoms with E-state index in [0.717, 1.165) is 0 Å². The molecule has 4 N–H and O–H groups in total. The van der Waals surface area contributed by atoms with Gasteiger partial charge in [0.15, 0.2) is 0 Å². The highest BCUT2D eigenvalue weighted by Crippen LogP contribution is 2.20. The van der Waals surface area contributed by atoms with Crippen molar-refractivity contribution in [2.45, 2.75) is 31.2 Å². The average Bonchev–Trinajstić information content (AvgIpc) is 2.63. The summed E-state index contributed by atoms with van der Waals surface area (Å²) in [4.78, 5) is 12.3. The summed E-state index contributed by atoms with van der Waals surface area (Å²) in [6.07, 6.45) is 0. The van der Waals surface area contributed by atoms with Crippen LogP contribution in [0.3, 0.4) is 0 Å². The van der Waals surface area contributed by atoms with Gasteiger partial charge in [-0.2, -0.15) is 0 Å². The third-order valence-corrected chi connectivity index (χ3v) is 5.20. The van der Waals surface area contributed by atoms with Crippen molar-refractivity contribution in [3.05, 3.63) is 54.1 Å². The molecule has 2 aromatic rings. The Kier molecular flexibility index (Phi) is 6.45. The lowest BCUT2D eigenvalue weighted by Crippen LogP contribution is -2.48. The van der Waals surface area contributed by atoms with E-state index in [1.54, 1.807) is 24.3 Å². The monoisotopic (exact) mass is 391 g/mol. The van der Waals surface area contributed by atoms with Crippen molar-refractivity contribution in [2.75, 3.05) is 17.9 Å². The van der Waals surface area contributed by atoms with E-state index in [2.05, 4.69) is 10.0 Å². The Hall–Kier alpha value is -2.58. The van der Waals surface area contributed by atoms with Crippen molar-refractivity contribution in [1.29, 1.82) is 0 Å². The van der Waals surface area contributed by atoms with E-state index in [1.807, 2.05) is 20.8 Å². The molecular formula is C19H25N3O4S. The molecule has 1 amide bonds. The third-order valence-electron chi connectivity index (χ3n) is 3.81. The average molecular weight is 391 g/mol. The zero-order chi connectivity index (χ0) is 20.1. The van der Waals surface area contributed by atoms with Gasteiger partial charge in [-0.25, -0.2) is 8.42 Å². The molecule has 8 heteroatoms. The SMILES string of the molecule is CCOc1ccc(NS(=O)(=O)c2ccc(C(=O)NC(C)(C)CN)cc2)cc1. The molecule has 0 unspecified atom stereocenters. The zero-order valence-corrected chi connectivity index (χ0v) is 16.5. The molecule has 0 aromatic heterocycles. The molecule has 0 radical (unpaired) electrons. The first kappa shape index (κ1) is 20.7. The molecule has 2 rings (SSSR count). The minimum absolute atomic E-state index is 0.0611. The number of nitrogens with one attached hydrogen (secondary N) is 2. The summed E-state index contributed by atoms with van der Waals surface area (Å²) in [5, 5.41) is 2.79. The fraction of sp³-hybridized carbons (Fsp3) is 0.316. The maximum atomic E-state index is 12.5. The Morgan fingerprint density at radius 1 is 1.07 bits per heavy atom. The Morgan fingerprint density at radius 3 is 2.19 bits per heavy atom. The molecule has 0 bridgehead atoms. The summed E-state index contributed by atoms with van der Waals surface area (Å²) in [6.45, 7) is 6.32. The number of nitrogens with two attached hydrogens (primary N) is 1. The molecule has 0 fully saturated rings. The first-order valence-electron chi connectivity index (χ1n) is 8.55. The van der Waals surface area contributed by atoms with Crippen LogP contribution in [0.15, 0.2) is 53.4 Å². The van der Waals surface area contributed by atoms with Crippen molar-refractivity contribution >= 4 is 21.6 Å². The molecule has 0 spiro atoms. The Balaban J connectivity index is 2.11. The van der Waals surface area contributed by atoms with Crippen molar-refractivity contribution in [3.8, 4) is 5.75 Å². The lowest BCUT2D eigenvalue weighted by Gasteiger charge is -2.24. The van der Waals surface area contributed by atoms with Crippen LogP contribution in [0.1, 0.15) is 31.1 Å². The van der Waals surface area contributed by atoms with E-state index in [-0.39, 0.29) is 17.3 Å². The highest BCUT2D eigenvalue weighted by atomic mass is 32.2. The smallest absolute Gasteiger partial charge is 0.261 e. The van der Waals surface area contributed by atoms with Gasteiger partial charge in [0.2, 0.25) is 0 Å². The molecular weight excluding hydrogens is 366 g/mol. The number of carbonyl (C=O) groups excluding carboxylic acids is 1. The minimum atomic E-state index is -3.76. The molecule has 0 aliphatic rings. The van der Waals surface area contributed by atoms with Gasteiger partial charge in [-0.05, 0) is 69.3 Å². The fourth-order valence-electron chi connectivity index (χ4n) is 2.22. The normalized spacial score (nSPS) is 11.7. The molecule has 0 heterocycles. The predicted octanol–water partition coefficient (Wildman–Crippen LogP) is 2.35. The first-order valence-corrected chi connectivity index (χ1v) is 10.0. The van der Waals surface area contributed by atoms with Crippen LogP contribution < -0.4 is 20.5 Å². The summed E-state index contributed by atoms with van der Waals surface area (Å²) in [7, 11) is -3.76. The number of ether oxygens (including phenoxy) is 1. The summed E-state index contributed by atoms with van der Waals surface area (Å²) < 4.78 is 32.8. The Bertz CT molecular complexity index is 876. The molecule has 146 valence electrons. The molecule has 0 saturated heterocycles. The largest absolute Gasteiger partial charge is 0.494 e. The molecule has 7 nitrogen and oxygen atoms in total. The Labute approximate surface area is 160 Å². The number of sulfonamides is 1. The lowest BCUT2D eigenvalue weighted by atomic mass is 10.1. The minimum Gasteiger partial charge on any atom is -0.494 e. The number of benzene rings is 2. The second-order valence-electron chi connectivity index (χ2n) is 6.63. The van der Waals surface area contributed by atoms with Gasteiger partial charge in [0.1, 0.15) is 5.75 Å². The number of hydrogen-bond acceptors (Lipinski definition) is 5. The zero-order valence-electron chi connectivity index (χ0n) is 15.7. The lowest BCUT2D eigenvalue weighted by molar-refractivity contribution is 0.0915.